The maximum absolute atomic E-state index is 6.05. The van der Waals surface area contributed by atoms with Gasteiger partial charge in [-0.2, -0.15) is 0 Å². The number of thiophene rings is 1. The van der Waals surface area contributed by atoms with Gasteiger partial charge in [0.1, 0.15) is 12.4 Å². The van der Waals surface area contributed by atoms with Crippen molar-refractivity contribution in [3.8, 4) is 5.75 Å². The Bertz CT molecular complexity index is 541. The first-order valence-electron chi connectivity index (χ1n) is 6.94. The van der Waals surface area contributed by atoms with Crippen LogP contribution in [0.1, 0.15) is 36.8 Å². The Morgan fingerprint density at radius 1 is 1.15 bits per heavy atom. The lowest BCUT2D eigenvalue weighted by molar-refractivity contribution is 0.301. The van der Waals surface area contributed by atoms with Crippen LogP contribution < -0.4 is 10.1 Å². The van der Waals surface area contributed by atoms with E-state index < -0.39 is 0 Å². The molecular formula is C17H23NOS. The zero-order valence-corrected chi connectivity index (χ0v) is 13.5. The van der Waals surface area contributed by atoms with Gasteiger partial charge in [0.2, 0.25) is 0 Å². The van der Waals surface area contributed by atoms with Crippen molar-refractivity contribution in [3.63, 3.8) is 0 Å². The third-order valence-corrected chi connectivity index (χ3v) is 3.89. The standard InChI is InChI=1S/C17H23NOS/c1-13-7-5-8-14(11-18-17(2,3)4)16(13)19-12-15-9-6-10-20-15/h5-10,18H,11-12H2,1-4H3. The maximum atomic E-state index is 6.05. The highest BCUT2D eigenvalue weighted by Gasteiger charge is 2.12. The number of hydrogen-bond acceptors (Lipinski definition) is 3. The average molecular weight is 289 g/mol. The van der Waals surface area contributed by atoms with Gasteiger partial charge in [-0.1, -0.05) is 24.3 Å². The number of rotatable bonds is 5. The van der Waals surface area contributed by atoms with E-state index in [0.29, 0.717) is 6.61 Å². The van der Waals surface area contributed by atoms with Crippen LogP contribution in [0, 0.1) is 6.92 Å². The van der Waals surface area contributed by atoms with Gasteiger partial charge >= 0.3 is 0 Å². The largest absolute Gasteiger partial charge is 0.487 e. The van der Waals surface area contributed by atoms with Gasteiger partial charge < -0.3 is 10.1 Å². The Kier molecular flexibility index (Phi) is 4.84. The molecule has 20 heavy (non-hydrogen) atoms. The van der Waals surface area contributed by atoms with Crippen molar-refractivity contribution >= 4 is 11.3 Å². The summed E-state index contributed by atoms with van der Waals surface area (Å²) < 4.78 is 6.05. The van der Waals surface area contributed by atoms with Crippen LogP contribution in [-0.4, -0.2) is 5.54 Å². The van der Waals surface area contributed by atoms with Gasteiger partial charge in [-0.3, -0.25) is 0 Å². The van der Waals surface area contributed by atoms with Crippen molar-refractivity contribution in [2.24, 2.45) is 0 Å². The van der Waals surface area contributed by atoms with Gasteiger partial charge in [-0.25, -0.2) is 0 Å². The molecule has 0 aliphatic rings. The molecule has 0 unspecified atom stereocenters. The van der Waals surface area contributed by atoms with E-state index in [2.05, 4.69) is 68.7 Å². The van der Waals surface area contributed by atoms with Gasteiger partial charge in [0.05, 0.1) is 0 Å². The van der Waals surface area contributed by atoms with Gasteiger partial charge in [-0.05, 0) is 44.7 Å². The van der Waals surface area contributed by atoms with Crippen LogP contribution in [0.25, 0.3) is 0 Å². The molecule has 0 saturated heterocycles. The highest BCUT2D eigenvalue weighted by Crippen LogP contribution is 2.25. The van der Waals surface area contributed by atoms with Crippen molar-refractivity contribution in [3.05, 3.63) is 51.7 Å². The lowest BCUT2D eigenvalue weighted by Gasteiger charge is -2.22. The van der Waals surface area contributed by atoms with Crippen LogP contribution in [0.5, 0.6) is 5.75 Å². The van der Waals surface area contributed by atoms with E-state index in [1.165, 1.54) is 16.0 Å². The molecule has 2 nitrogen and oxygen atoms in total. The number of nitrogens with one attached hydrogen (secondary N) is 1. The fourth-order valence-electron chi connectivity index (χ4n) is 1.96. The van der Waals surface area contributed by atoms with Crippen LogP contribution in [0.2, 0.25) is 0 Å². The zero-order valence-electron chi connectivity index (χ0n) is 12.7. The van der Waals surface area contributed by atoms with Crippen molar-refractivity contribution in [1.82, 2.24) is 5.32 Å². The summed E-state index contributed by atoms with van der Waals surface area (Å²) in [6.07, 6.45) is 0. The highest BCUT2D eigenvalue weighted by molar-refractivity contribution is 7.09. The fourth-order valence-corrected chi connectivity index (χ4v) is 2.57. The summed E-state index contributed by atoms with van der Waals surface area (Å²) in [6, 6.07) is 10.5. The van der Waals surface area contributed by atoms with Crippen molar-refractivity contribution in [2.45, 2.75) is 46.4 Å². The smallest absolute Gasteiger partial charge is 0.127 e. The molecule has 1 aromatic heterocycles. The van der Waals surface area contributed by atoms with E-state index in [9.17, 15) is 0 Å². The van der Waals surface area contributed by atoms with Crippen LogP contribution in [0.4, 0.5) is 0 Å². The van der Waals surface area contributed by atoms with Gasteiger partial charge in [0.15, 0.2) is 0 Å². The number of aryl methyl sites for hydroxylation is 1. The molecule has 2 rings (SSSR count). The normalized spacial score (nSPS) is 11.6. The summed E-state index contributed by atoms with van der Waals surface area (Å²) in [4.78, 5) is 1.25. The summed E-state index contributed by atoms with van der Waals surface area (Å²) in [5.74, 6) is 1.01. The van der Waals surface area contributed by atoms with Crippen molar-refractivity contribution in [2.75, 3.05) is 0 Å². The molecule has 0 saturated carbocycles. The van der Waals surface area contributed by atoms with E-state index >= 15 is 0 Å². The molecule has 0 amide bonds. The first-order chi connectivity index (χ1) is 9.46. The van der Waals surface area contributed by atoms with Gasteiger partial charge in [0, 0.05) is 22.5 Å². The third-order valence-electron chi connectivity index (χ3n) is 3.04. The van der Waals surface area contributed by atoms with E-state index in [1.807, 2.05) is 0 Å². The van der Waals surface area contributed by atoms with Crippen LogP contribution >= 0.6 is 11.3 Å². The molecule has 1 aromatic carbocycles. The Morgan fingerprint density at radius 3 is 2.60 bits per heavy atom. The fraction of sp³-hybridized carbons (Fsp3) is 0.412. The predicted molar refractivity (Wildman–Crippen MR) is 86.4 cm³/mol. The average Bonchev–Trinajstić information content (AvgIpc) is 2.87. The second kappa shape index (κ2) is 6.42. The molecule has 1 heterocycles. The molecule has 1 N–H and O–H groups in total. The van der Waals surface area contributed by atoms with Crippen LogP contribution in [-0.2, 0) is 13.2 Å². The molecule has 0 atom stereocenters. The number of benzene rings is 1. The maximum Gasteiger partial charge on any atom is 0.127 e. The Hall–Kier alpha value is -1.32. The number of hydrogen-bond donors (Lipinski definition) is 1. The quantitative estimate of drug-likeness (QED) is 0.873. The van der Waals surface area contributed by atoms with E-state index in [0.717, 1.165) is 12.3 Å². The molecule has 0 spiro atoms. The second-order valence-corrected chi connectivity index (χ2v) is 7.07. The Morgan fingerprint density at radius 2 is 1.95 bits per heavy atom. The minimum absolute atomic E-state index is 0.106. The summed E-state index contributed by atoms with van der Waals surface area (Å²) in [5, 5.41) is 5.60. The van der Waals surface area contributed by atoms with Crippen LogP contribution in [0.3, 0.4) is 0 Å². The molecule has 0 aliphatic heterocycles. The van der Waals surface area contributed by atoms with E-state index in [1.54, 1.807) is 11.3 Å². The second-order valence-electron chi connectivity index (χ2n) is 6.03. The molecule has 108 valence electrons. The van der Waals surface area contributed by atoms with Crippen molar-refractivity contribution < 1.29 is 4.74 Å². The summed E-state index contributed by atoms with van der Waals surface area (Å²) in [7, 11) is 0. The molecule has 3 heteroatoms. The third kappa shape index (κ3) is 4.36. The SMILES string of the molecule is Cc1cccc(CNC(C)(C)C)c1OCc1cccs1. The monoisotopic (exact) mass is 289 g/mol. The summed E-state index contributed by atoms with van der Waals surface area (Å²) in [5.41, 5.74) is 2.51. The highest BCUT2D eigenvalue weighted by atomic mass is 32.1. The number of para-hydroxylation sites is 1. The molecule has 0 fully saturated rings. The van der Waals surface area contributed by atoms with Gasteiger partial charge in [-0.15, -0.1) is 11.3 Å². The summed E-state index contributed by atoms with van der Waals surface area (Å²) in [6.45, 7) is 10.1. The first kappa shape index (κ1) is 15.1. The van der Waals surface area contributed by atoms with E-state index in [4.69, 9.17) is 4.74 Å². The van der Waals surface area contributed by atoms with E-state index in [-0.39, 0.29) is 5.54 Å². The summed E-state index contributed by atoms with van der Waals surface area (Å²) >= 11 is 1.73. The Labute approximate surface area is 125 Å². The lowest BCUT2D eigenvalue weighted by Crippen LogP contribution is -2.35. The van der Waals surface area contributed by atoms with Crippen LogP contribution in [0.15, 0.2) is 35.7 Å². The number of ether oxygens (including phenoxy) is 1. The molecule has 0 radical (unpaired) electrons. The topological polar surface area (TPSA) is 21.3 Å². The predicted octanol–water partition coefficient (Wildman–Crippen LogP) is 4.52. The first-order valence-corrected chi connectivity index (χ1v) is 7.82. The Balaban J connectivity index is 2.09. The molecule has 0 aliphatic carbocycles. The zero-order chi connectivity index (χ0) is 14.6. The van der Waals surface area contributed by atoms with Gasteiger partial charge in [0.25, 0.3) is 0 Å². The lowest BCUT2D eigenvalue weighted by atomic mass is 10.1. The minimum Gasteiger partial charge on any atom is -0.487 e. The molecular weight excluding hydrogens is 266 g/mol. The minimum atomic E-state index is 0.106. The molecule has 0 bridgehead atoms. The van der Waals surface area contributed by atoms with Crippen molar-refractivity contribution in [1.29, 1.82) is 0 Å². The molecule has 2 aromatic rings.